The molecule has 2 aliphatic heterocycles. The number of hydrogen-bond acceptors (Lipinski definition) is 4. The fourth-order valence-corrected chi connectivity index (χ4v) is 3.16. The summed E-state index contributed by atoms with van der Waals surface area (Å²) in [5, 5.41) is 13.9. The highest BCUT2D eigenvalue weighted by Gasteiger charge is 2.28. The first-order valence-electron chi connectivity index (χ1n) is 7.77. The van der Waals surface area contributed by atoms with Crippen molar-refractivity contribution in [2.45, 2.75) is 18.9 Å². The van der Waals surface area contributed by atoms with E-state index in [9.17, 15) is 9.90 Å². The van der Waals surface area contributed by atoms with Crippen LogP contribution in [0.4, 0.5) is 5.69 Å². The van der Waals surface area contributed by atoms with Crippen molar-refractivity contribution >= 4 is 11.6 Å². The van der Waals surface area contributed by atoms with E-state index in [0.29, 0.717) is 12.3 Å². The lowest BCUT2D eigenvalue weighted by atomic mass is 9.88. The van der Waals surface area contributed by atoms with Gasteiger partial charge in [0.05, 0.1) is 11.8 Å². The first-order chi connectivity index (χ1) is 10.7. The lowest BCUT2D eigenvalue weighted by Gasteiger charge is -2.31. The Kier molecular flexibility index (Phi) is 4.45. The molecule has 118 valence electrons. The Morgan fingerprint density at radius 3 is 2.95 bits per heavy atom. The van der Waals surface area contributed by atoms with Crippen molar-refractivity contribution in [1.82, 2.24) is 5.32 Å². The molecule has 1 aromatic carbocycles. The maximum atomic E-state index is 12.0. The number of hydrogen-bond donors (Lipinski definition) is 2. The summed E-state index contributed by atoms with van der Waals surface area (Å²) in [6, 6.07) is 5.62. The Hall–Kier alpha value is -1.85. The van der Waals surface area contributed by atoms with Gasteiger partial charge in [-0.3, -0.25) is 4.79 Å². The van der Waals surface area contributed by atoms with Gasteiger partial charge < -0.3 is 20.1 Å². The first-order valence-corrected chi connectivity index (χ1v) is 7.77. The lowest BCUT2D eigenvalue weighted by molar-refractivity contribution is -0.121. The van der Waals surface area contributed by atoms with E-state index in [1.54, 1.807) is 11.0 Å². The number of nitrogens with one attached hydrogen (secondary N) is 1. The molecule has 1 saturated heterocycles. The zero-order valence-electron chi connectivity index (χ0n) is 12.6. The first kappa shape index (κ1) is 15.1. The van der Waals surface area contributed by atoms with Crippen LogP contribution in [0.25, 0.3) is 0 Å². The van der Waals surface area contributed by atoms with Crippen LogP contribution in [0.3, 0.4) is 0 Å². The molecule has 1 amide bonds. The third-order valence-electron chi connectivity index (χ3n) is 4.41. The van der Waals surface area contributed by atoms with Crippen LogP contribution in [-0.4, -0.2) is 37.3 Å². The second kappa shape index (κ2) is 6.50. The minimum absolute atomic E-state index is 0.0526. The predicted molar refractivity (Wildman–Crippen MR) is 85.0 cm³/mol. The van der Waals surface area contributed by atoms with Gasteiger partial charge in [0.2, 0.25) is 0 Å². The van der Waals surface area contributed by atoms with Gasteiger partial charge in [-0.05, 0) is 49.5 Å². The Balaban J connectivity index is 1.88. The molecule has 1 unspecified atom stereocenters. The molecule has 0 aliphatic carbocycles. The number of ether oxygens (including phenoxy) is 1. The molecule has 22 heavy (non-hydrogen) atoms. The number of benzene rings is 1. The lowest BCUT2D eigenvalue weighted by Crippen LogP contribution is -2.39. The molecule has 0 radical (unpaired) electrons. The van der Waals surface area contributed by atoms with E-state index in [1.165, 1.54) is 0 Å². The number of aliphatic hydroxyl groups excluding tert-OH is 1. The van der Waals surface area contributed by atoms with Crippen molar-refractivity contribution < 1.29 is 14.6 Å². The molecule has 2 aliphatic rings. The summed E-state index contributed by atoms with van der Waals surface area (Å²) in [6.07, 6.45) is 3.12. The van der Waals surface area contributed by atoms with Crippen molar-refractivity contribution in [2.75, 3.05) is 31.1 Å². The van der Waals surface area contributed by atoms with Crippen LogP contribution in [0.2, 0.25) is 0 Å². The highest BCUT2D eigenvalue weighted by Crippen LogP contribution is 2.37. The number of nitrogens with zero attached hydrogens (tertiary/aromatic N) is 1. The largest absolute Gasteiger partial charge is 0.482 e. The molecule has 1 fully saturated rings. The molecule has 0 bridgehead atoms. The third-order valence-corrected chi connectivity index (χ3v) is 4.41. The maximum Gasteiger partial charge on any atom is 0.265 e. The van der Waals surface area contributed by atoms with Gasteiger partial charge in [0.15, 0.2) is 6.61 Å². The molecule has 3 rings (SSSR count). The van der Waals surface area contributed by atoms with E-state index in [1.807, 2.05) is 18.2 Å². The number of aliphatic hydroxyl groups is 1. The smallest absolute Gasteiger partial charge is 0.265 e. The van der Waals surface area contributed by atoms with Crippen LogP contribution in [0.1, 0.15) is 24.5 Å². The van der Waals surface area contributed by atoms with Gasteiger partial charge in [0.1, 0.15) is 5.75 Å². The number of carbonyl (C=O) groups excluding carboxylic acids is 1. The predicted octanol–water partition coefficient (Wildman–Crippen LogP) is 1.63. The molecule has 0 saturated carbocycles. The van der Waals surface area contributed by atoms with E-state index >= 15 is 0 Å². The van der Waals surface area contributed by atoms with Gasteiger partial charge in [0.25, 0.3) is 5.91 Å². The molecular weight excluding hydrogens is 280 g/mol. The van der Waals surface area contributed by atoms with E-state index < -0.39 is 6.10 Å². The summed E-state index contributed by atoms with van der Waals surface area (Å²) in [5.74, 6) is 0.857. The van der Waals surface area contributed by atoms with Crippen LogP contribution in [0.5, 0.6) is 5.75 Å². The van der Waals surface area contributed by atoms with E-state index in [2.05, 4.69) is 11.9 Å². The summed E-state index contributed by atoms with van der Waals surface area (Å²) in [5.41, 5.74) is 1.57. The Labute approximate surface area is 130 Å². The molecule has 2 heterocycles. The highest BCUT2D eigenvalue weighted by atomic mass is 16.5. The molecule has 5 heteroatoms. The van der Waals surface area contributed by atoms with Gasteiger partial charge in [-0.2, -0.15) is 0 Å². The zero-order chi connectivity index (χ0) is 15.5. The fourth-order valence-electron chi connectivity index (χ4n) is 3.16. The van der Waals surface area contributed by atoms with Crippen LogP contribution in [0, 0.1) is 5.92 Å². The number of anilines is 1. The van der Waals surface area contributed by atoms with Crippen molar-refractivity contribution in [1.29, 1.82) is 0 Å². The van der Waals surface area contributed by atoms with Crippen molar-refractivity contribution in [3.05, 3.63) is 36.4 Å². The van der Waals surface area contributed by atoms with Gasteiger partial charge >= 0.3 is 0 Å². The monoisotopic (exact) mass is 302 g/mol. The summed E-state index contributed by atoms with van der Waals surface area (Å²) in [4.78, 5) is 13.7. The minimum Gasteiger partial charge on any atom is -0.482 e. The molecule has 0 spiro atoms. The Morgan fingerprint density at radius 1 is 1.45 bits per heavy atom. The number of amides is 1. The van der Waals surface area contributed by atoms with Gasteiger partial charge in [-0.15, -0.1) is 6.58 Å². The standard InChI is InChI=1S/C17H22N2O3/c1-2-9-19-14-10-13(3-4-15(14)22-11-16(19)20)17(21)12-5-7-18-8-6-12/h2-4,10,12,17-18,21H,1,5-9,11H2. The summed E-state index contributed by atoms with van der Waals surface area (Å²) in [6.45, 7) is 6.08. The SMILES string of the molecule is C=CCN1C(=O)COc2ccc(C(O)C3CCNCC3)cc21. The number of rotatable bonds is 4. The van der Waals surface area contributed by atoms with Crippen LogP contribution in [0.15, 0.2) is 30.9 Å². The molecule has 1 aromatic rings. The highest BCUT2D eigenvalue weighted by molar-refractivity contribution is 5.98. The van der Waals surface area contributed by atoms with Gasteiger partial charge in [0, 0.05) is 6.54 Å². The van der Waals surface area contributed by atoms with E-state index in [4.69, 9.17) is 4.74 Å². The van der Waals surface area contributed by atoms with Crippen LogP contribution < -0.4 is 15.0 Å². The van der Waals surface area contributed by atoms with E-state index in [-0.39, 0.29) is 18.4 Å². The van der Waals surface area contributed by atoms with Crippen molar-refractivity contribution in [3.8, 4) is 5.75 Å². The average molecular weight is 302 g/mol. The topological polar surface area (TPSA) is 61.8 Å². The van der Waals surface area contributed by atoms with Crippen molar-refractivity contribution in [2.24, 2.45) is 5.92 Å². The van der Waals surface area contributed by atoms with Gasteiger partial charge in [-0.1, -0.05) is 12.1 Å². The summed E-state index contributed by atoms with van der Waals surface area (Å²) < 4.78 is 5.48. The fraction of sp³-hybridized carbons (Fsp3) is 0.471. The number of carbonyl (C=O) groups is 1. The molecule has 5 nitrogen and oxygen atoms in total. The van der Waals surface area contributed by atoms with Gasteiger partial charge in [-0.25, -0.2) is 0 Å². The average Bonchev–Trinajstić information content (AvgIpc) is 2.57. The maximum absolute atomic E-state index is 12.0. The Bertz CT molecular complexity index is 567. The Morgan fingerprint density at radius 2 is 2.23 bits per heavy atom. The van der Waals surface area contributed by atoms with Crippen LogP contribution >= 0.6 is 0 Å². The second-order valence-electron chi connectivity index (χ2n) is 5.84. The van der Waals surface area contributed by atoms with E-state index in [0.717, 1.165) is 37.2 Å². The molecular formula is C17H22N2O3. The summed E-state index contributed by atoms with van der Waals surface area (Å²) >= 11 is 0. The number of piperidine rings is 1. The minimum atomic E-state index is -0.505. The van der Waals surface area contributed by atoms with Crippen molar-refractivity contribution in [3.63, 3.8) is 0 Å². The normalized spacial score (nSPS) is 20.2. The quantitative estimate of drug-likeness (QED) is 0.830. The molecule has 1 atom stereocenters. The molecule has 0 aromatic heterocycles. The second-order valence-corrected chi connectivity index (χ2v) is 5.84. The summed E-state index contributed by atoms with van der Waals surface area (Å²) in [7, 11) is 0. The third kappa shape index (κ3) is 2.87. The zero-order valence-corrected chi connectivity index (χ0v) is 12.6. The van der Waals surface area contributed by atoms with Crippen LogP contribution in [-0.2, 0) is 4.79 Å². The number of fused-ring (bicyclic) bond motifs is 1. The molecule has 2 N–H and O–H groups in total.